The number of ether oxygens (including phenoxy) is 2. The van der Waals surface area contributed by atoms with Crippen LogP contribution in [0.5, 0.6) is 0 Å². The van der Waals surface area contributed by atoms with Crippen LogP contribution in [0.15, 0.2) is 30.6 Å². The molecule has 0 aliphatic carbocycles. The third kappa shape index (κ3) is 3.61. The Hall–Kier alpha value is -2.82. The van der Waals surface area contributed by atoms with Crippen molar-refractivity contribution in [2.45, 2.75) is 6.10 Å². The average Bonchev–Trinajstić information content (AvgIpc) is 3.24. The van der Waals surface area contributed by atoms with Crippen molar-refractivity contribution in [3.05, 3.63) is 30.6 Å². The molecule has 0 spiro atoms. The Morgan fingerprint density at radius 3 is 2.48 bits per heavy atom. The summed E-state index contributed by atoms with van der Waals surface area (Å²) in [6.07, 6.45) is 1.74. The first-order chi connectivity index (χ1) is 14.3. The van der Waals surface area contributed by atoms with Gasteiger partial charge in [0.25, 0.3) is 0 Å². The quantitative estimate of drug-likeness (QED) is 0.662. The van der Waals surface area contributed by atoms with E-state index in [2.05, 4.69) is 14.8 Å². The Balaban J connectivity index is 1.58. The van der Waals surface area contributed by atoms with E-state index in [-0.39, 0.29) is 6.10 Å². The molecule has 1 unspecified atom stereocenters. The molecule has 29 heavy (non-hydrogen) atoms. The van der Waals surface area contributed by atoms with Crippen molar-refractivity contribution in [1.82, 2.24) is 24.5 Å². The number of fused-ring (bicyclic) bond motifs is 1. The number of rotatable bonds is 4. The van der Waals surface area contributed by atoms with Gasteiger partial charge in [-0.15, -0.1) is 0 Å². The molecule has 10 heteroatoms. The van der Waals surface area contributed by atoms with E-state index in [4.69, 9.17) is 30.2 Å². The number of hydrogen-bond acceptors (Lipinski definition) is 9. The number of hydrogen-bond donors (Lipinski definition) is 1. The summed E-state index contributed by atoms with van der Waals surface area (Å²) in [6, 6.07) is 7.95. The predicted octanol–water partition coefficient (Wildman–Crippen LogP) is 0.211. The molecule has 0 amide bonds. The molecule has 2 N–H and O–H groups in total. The van der Waals surface area contributed by atoms with Crippen LogP contribution in [0, 0.1) is 0 Å². The molecule has 2 fully saturated rings. The molecule has 4 heterocycles. The summed E-state index contributed by atoms with van der Waals surface area (Å²) in [5, 5.41) is 0. The van der Waals surface area contributed by atoms with Crippen molar-refractivity contribution in [2.75, 3.05) is 62.3 Å². The lowest BCUT2D eigenvalue weighted by molar-refractivity contribution is 0.0460. The standard InChI is InChI=1S/C19H24N8O2/c20-11-14-12-26(7-10-29-14)18-22-17(25-5-8-28-9-6-25)23-19(24-18)27-13-21-15-3-1-2-4-16(15)27/h1-4,13-14H,5-12,20H2. The largest absolute Gasteiger partial charge is 0.378 e. The van der Waals surface area contributed by atoms with Gasteiger partial charge in [-0.3, -0.25) is 4.57 Å². The summed E-state index contributed by atoms with van der Waals surface area (Å²) in [5.74, 6) is 1.85. The molecule has 3 aromatic rings. The van der Waals surface area contributed by atoms with Gasteiger partial charge in [0.1, 0.15) is 6.33 Å². The Morgan fingerprint density at radius 2 is 1.66 bits per heavy atom. The molecular weight excluding hydrogens is 372 g/mol. The van der Waals surface area contributed by atoms with Crippen LogP contribution in [0.1, 0.15) is 0 Å². The van der Waals surface area contributed by atoms with Crippen LogP contribution >= 0.6 is 0 Å². The van der Waals surface area contributed by atoms with Crippen LogP contribution in [0.4, 0.5) is 11.9 Å². The lowest BCUT2D eigenvalue weighted by Gasteiger charge is -2.33. The number of morpholine rings is 2. The number of para-hydroxylation sites is 2. The Morgan fingerprint density at radius 1 is 0.931 bits per heavy atom. The maximum Gasteiger partial charge on any atom is 0.242 e. The number of aromatic nitrogens is 5. The molecule has 2 aliphatic heterocycles. The minimum atomic E-state index is -0.0233. The van der Waals surface area contributed by atoms with Crippen LogP contribution in [0.2, 0.25) is 0 Å². The van der Waals surface area contributed by atoms with E-state index in [1.54, 1.807) is 6.33 Å². The Labute approximate surface area is 168 Å². The molecule has 0 bridgehead atoms. The summed E-state index contributed by atoms with van der Waals surface area (Å²) in [5.41, 5.74) is 7.68. The van der Waals surface area contributed by atoms with Crippen LogP contribution in [0.25, 0.3) is 17.0 Å². The molecule has 5 rings (SSSR count). The van der Waals surface area contributed by atoms with E-state index in [9.17, 15) is 0 Å². The van der Waals surface area contributed by atoms with Gasteiger partial charge in [0.05, 0.1) is 37.0 Å². The lowest BCUT2D eigenvalue weighted by Crippen LogP contribution is -2.46. The van der Waals surface area contributed by atoms with E-state index < -0.39 is 0 Å². The van der Waals surface area contributed by atoms with E-state index >= 15 is 0 Å². The smallest absolute Gasteiger partial charge is 0.242 e. The van der Waals surface area contributed by atoms with Crippen molar-refractivity contribution in [1.29, 1.82) is 0 Å². The van der Waals surface area contributed by atoms with Gasteiger partial charge in [0.2, 0.25) is 17.8 Å². The summed E-state index contributed by atoms with van der Waals surface area (Å²) < 4.78 is 13.1. The average molecular weight is 396 g/mol. The zero-order chi connectivity index (χ0) is 19.6. The number of nitrogens with two attached hydrogens (primary N) is 1. The predicted molar refractivity (Wildman–Crippen MR) is 108 cm³/mol. The van der Waals surface area contributed by atoms with E-state index in [0.29, 0.717) is 57.3 Å². The Kier molecular flexibility index (Phi) is 4.96. The first-order valence-electron chi connectivity index (χ1n) is 9.89. The second-order valence-corrected chi connectivity index (χ2v) is 7.11. The summed E-state index contributed by atoms with van der Waals surface area (Å²) >= 11 is 0. The highest BCUT2D eigenvalue weighted by Crippen LogP contribution is 2.22. The fourth-order valence-electron chi connectivity index (χ4n) is 3.66. The van der Waals surface area contributed by atoms with Crippen molar-refractivity contribution in [3.8, 4) is 5.95 Å². The van der Waals surface area contributed by atoms with Crippen molar-refractivity contribution in [2.24, 2.45) is 5.73 Å². The number of anilines is 2. The maximum atomic E-state index is 5.82. The van der Waals surface area contributed by atoms with Crippen LogP contribution in [0.3, 0.4) is 0 Å². The molecule has 1 aromatic carbocycles. The van der Waals surface area contributed by atoms with Gasteiger partial charge in [-0.1, -0.05) is 12.1 Å². The highest BCUT2D eigenvalue weighted by molar-refractivity contribution is 5.76. The van der Waals surface area contributed by atoms with Gasteiger partial charge in [-0.2, -0.15) is 15.0 Å². The summed E-state index contributed by atoms with van der Waals surface area (Å²) in [4.78, 5) is 23.1. The molecule has 2 aliphatic rings. The number of benzene rings is 1. The zero-order valence-electron chi connectivity index (χ0n) is 16.1. The normalized spacial score (nSPS) is 20.4. The van der Waals surface area contributed by atoms with E-state index in [0.717, 1.165) is 24.1 Å². The maximum absolute atomic E-state index is 5.82. The van der Waals surface area contributed by atoms with Crippen molar-refractivity contribution >= 4 is 22.9 Å². The van der Waals surface area contributed by atoms with Gasteiger partial charge in [-0.25, -0.2) is 4.98 Å². The molecular formula is C19H24N8O2. The monoisotopic (exact) mass is 396 g/mol. The van der Waals surface area contributed by atoms with Crippen LogP contribution < -0.4 is 15.5 Å². The molecule has 0 radical (unpaired) electrons. The first kappa shape index (κ1) is 18.2. The number of nitrogens with zero attached hydrogens (tertiary/aromatic N) is 7. The molecule has 2 saturated heterocycles. The molecule has 10 nitrogen and oxygen atoms in total. The van der Waals surface area contributed by atoms with Gasteiger partial charge >= 0.3 is 0 Å². The molecule has 2 aromatic heterocycles. The molecule has 0 saturated carbocycles. The van der Waals surface area contributed by atoms with Crippen molar-refractivity contribution in [3.63, 3.8) is 0 Å². The fraction of sp³-hybridized carbons (Fsp3) is 0.474. The SMILES string of the molecule is NCC1CN(c2nc(N3CCOCC3)nc(-n3cnc4ccccc43)n2)CCO1. The third-order valence-electron chi connectivity index (χ3n) is 5.25. The van der Waals surface area contributed by atoms with Gasteiger partial charge in [0.15, 0.2) is 0 Å². The molecule has 1 atom stereocenters. The van der Waals surface area contributed by atoms with E-state index in [1.807, 2.05) is 28.8 Å². The minimum absolute atomic E-state index is 0.0233. The first-order valence-corrected chi connectivity index (χ1v) is 9.89. The zero-order valence-corrected chi connectivity index (χ0v) is 16.1. The second kappa shape index (κ2) is 7.90. The summed E-state index contributed by atoms with van der Waals surface area (Å²) in [7, 11) is 0. The van der Waals surface area contributed by atoms with Gasteiger partial charge in [-0.05, 0) is 12.1 Å². The highest BCUT2D eigenvalue weighted by atomic mass is 16.5. The highest BCUT2D eigenvalue weighted by Gasteiger charge is 2.25. The minimum Gasteiger partial charge on any atom is -0.378 e. The topological polar surface area (TPSA) is 107 Å². The third-order valence-corrected chi connectivity index (χ3v) is 5.25. The number of imidazole rings is 1. The Bertz CT molecular complexity index is 987. The fourth-order valence-corrected chi connectivity index (χ4v) is 3.66. The van der Waals surface area contributed by atoms with Crippen LogP contribution in [-0.4, -0.2) is 83.2 Å². The van der Waals surface area contributed by atoms with Crippen molar-refractivity contribution < 1.29 is 9.47 Å². The van der Waals surface area contributed by atoms with E-state index in [1.165, 1.54) is 0 Å². The van der Waals surface area contributed by atoms with Gasteiger partial charge < -0.3 is 25.0 Å². The second-order valence-electron chi connectivity index (χ2n) is 7.11. The lowest BCUT2D eigenvalue weighted by atomic mass is 10.3. The molecule has 152 valence electrons. The van der Waals surface area contributed by atoms with Crippen LogP contribution in [-0.2, 0) is 9.47 Å². The summed E-state index contributed by atoms with van der Waals surface area (Å²) in [6.45, 7) is 5.28. The van der Waals surface area contributed by atoms with Gasteiger partial charge in [0, 0.05) is 32.7 Å².